The van der Waals surface area contributed by atoms with Crippen LogP contribution in [0.2, 0.25) is 0 Å². The van der Waals surface area contributed by atoms with E-state index in [0.29, 0.717) is 0 Å². The second-order valence-electron chi connectivity index (χ2n) is 4.63. The lowest BCUT2D eigenvalue weighted by Crippen LogP contribution is -2.31. The molecule has 1 rings (SSSR count). The lowest BCUT2D eigenvalue weighted by Gasteiger charge is -2.33. The average molecular weight is 183 g/mol. The molecule has 0 spiro atoms. The fraction of sp³-hybridized carbons (Fsp3) is 1.00. The van der Waals surface area contributed by atoms with Crippen molar-refractivity contribution in [1.82, 2.24) is 5.32 Å². The van der Waals surface area contributed by atoms with Crippen LogP contribution in [0.15, 0.2) is 0 Å². The quantitative estimate of drug-likeness (QED) is 0.706. The first-order valence-corrected chi connectivity index (χ1v) is 5.98. The largest absolute Gasteiger partial charge is 0.317 e. The Labute approximate surface area is 83.3 Å². The molecule has 0 bridgehead atoms. The number of nitrogens with one attached hydrogen (secondary N) is 1. The van der Waals surface area contributed by atoms with Gasteiger partial charge < -0.3 is 5.32 Å². The van der Waals surface area contributed by atoms with Gasteiger partial charge in [-0.3, -0.25) is 0 Å². The number of hydrogen-bond acceptors (Lipinski definition) is 1. The van der Waals surface area contributed by atoms with E-state index >= 15 is 0 Å². The van der Waals surface area contributed by atoms with Gasteiger partial charge in [-0.25, -0.2) is 0 Å². The Morgan fingerprint density at radius 1 is 1.23 bits per heavy atom. The highest BCUT2D eigenvalue weighted by atomic mass is 14.8. The van der Waals surface area contributed by atoms with Crippen LogP contribution in [0.1, 0.15) is 46.5 Å². The molecule has 1 saturated carbocycles. The molecule has 0 amide bonds. The first kappa shape index (κ1) is 11.0. The van der Waals surface area contributed by atoms with Gasteiger partial charge in [-0.05, 0) is 43.7 Å². The maximum absolute atomic E-state index is 3.48. The molecule has 0 radical (unpaired) electrons. The van der Waals surface area contributed by atoms with Crippen LogP contribution in [0.3, 0.4) is 0 Å². The summed E-state index contributed by atoms with van der Waals surface area (Å²) in [6, 6.07) is 0. The van der Waals surface area contributed by atoms with E-state index in [-0.39, 0.29) is 0 Å². The Bertz CT molecular complexity index is 133. The third kappa shape index (κ3) is 3.30. The van der Waals surface area contributed by atoms with Crippen LogP contribution in [0.4, 0.5) is 0 Å². The van der Waals surface area contributed by atoms with E-state index in [1.807, 2.05) is 0 Å². The molecule has 1 heteroatoms. The minimum absolute atomic E-state index is 0.942. The molecule has 0 saturated heterocycles. The van der Waals surface area contributed by atoms with Gasteiger partial charge in [0.25, 0.3) is 0 Å². The molecule has 1 aliphatic carbocycles. The zero-order chi connectivity index (χ0) is 9.68. The molecule has 13 heavy (non-hydrogen) atoms. The Hall–Kier alpha value is -0.0400. The Kier molecular flexibility index (Phi) is 4.79. The van der Waals surface area contributed by atoms with Crippen LogP contribution in [-0.2, 0) is 0 Å². The maximum atomic E-state index is 3.48. The number of rotatable bonds is 4. The summed E-state index contributed by atoms with van der Waals surface area (Å²) in [6.07, 6.45) is 5.77. The van der Waals surface area contributed by atoms with Gasteiger partial charge in [-0.1, -0.05) is 33.6 Å². The molecule has 0 aromatic heterocycles. The van der Waals surface area contributed by atoms with Crippen LogP contribution >= 0.6 is 0 Å². The van der Waals surface area contributed by atoms with Gasteiger partial charge in [0.15, 0.2) is 0 Å². The summed E-state index contributed by atoms with van der Waals surface area (Å²) in [5, 5.41) is 3.48. The van der Waals surface area contributed by atoms with Gasteiger partial charge in [0, 0.05) is 0 Å². The van der Waals surface area contributed by atoms with Crippen molar-refractivity contribution in [3.8, 4) is 0 Å². The second kappa shape index (κ2) is 5.64. The average Bonchev–Trinajstić information content (AvgIpc) is 2.16. The molecule has 1 N–H and O–H groups in total. The predicted molar refractivity (Wildman–Crippen MR) is 58.8 cm³/mol. The standard InChI is InChI=1S/C12H25N/c1-4-11-6-7-12(9-13-5-2)10(3)8-11/h10-13H,4-9H2,1-3H3. The van der Waals surface area contributed by atoms with Crippen molar-refractivity contribution in [2.75, 3.05) is 13.1 Å². The highest BCUT2D eigenvalue weighted by Gasteiger charge is 2.25. The van der Waals surface area contributed by atoms with E-state index in [9.17, 15) is 0 Å². The first-order valence-electron chi connectivity index (χ1n) is 5.98. The molecular formula is C12H25N. The molecule has 3 atom stereocenters. The molecule has 0 aromatic rings. The summed E-state index contributed by atoms with van der Waals surface area (Å²) in [7, 11) is 0. The summed E-state index contributed by atoms with van der Waals surface area (Å²) >= 11 is 0. The molecular weight excluding hydrogens is 158 g/mol. The zero-order valence-corrected chi connectivity index (χ0v) is 9.47. The van der Waals surface area contributed by atoms with Crippen molar-refractivity contribution < 1.29 is 0 Å². The normalized spacial score (nSPS) is 34.8. The van der Waals surface area contributed by atoms with Gasteiger partial charge in [0.1, 0.15) is 0 Å². The molecule has 0 heterocycles. The Balaban J connectivity index is 2.26. The van der Waals surface area contributed by atoms with Gasteiger partial charge in [-0.2, -0.15) is 0 Å². The highest BCUT2D eigenvalue weighted by molar-refractivity contribution is 4.78. The van der Waals surface area contributed by atoms with E-state index < -0.39 is 0 Å². The second-order valence-corrected chi connectivity index (χ2v) is 4.63. The summed E-state index contributed by atoms with van der Waals surface area (Å²) in [5.41, 5.74) is 0. The molecule has 0 aliphatic heterocycles. The minimum Gasteiger partial charge on any atom is -0.317 e. The van der Waals surface area contributed by atoms with Crippen LogP contribution in [0.25, 0.3) is 0 Å². The minimum atomic E-state index is 0.942. The Morgan fingerprint density at radius 3 is 2.54 bits per heavy atom. The van der Waals surface area contributed by atoms with Gasteiger partial charge in [-0.15, -0.1) is 0 Å². The SMILES string of the molecule is CCNCC1CCC(CC)CC1C. The van der Waals surface area contributed by atoms with Gasteiger partial charge >= 0.3 is 0 Å². The van der Waals surface area contributed by atoms with Gasteiger partial charge in [0.05, 0.1) is 0 Å². The Morgan fingerprint density at radius 2 is 2.00 bits per heavy atom. The molecule has 3 unspecified atom stereocenters. The fourth-order valence-electron chi connectivity index (χ4n) is 2.57. The highest BCUT2D eigenvalue weighted by Crippen LogP contribution is 2.34. The fourth-order valence-corrected chi connectivity index (χ4v) is 2.57. The molecule has 1 aliphatic rings. The van der Waals surface area contributed by atoms with Crippen molar-refractivity contribution >= 4 is 0 Å². The third-order valence-corrected chi connectivity index (χ3v) is 3.69. The van der Waals surface area contributed by atoms with E-state index in [1.54, 1.807) is 0 Å². The van der Waals surface area contributed by atoms with E-state index in [0.717, 1.165) is 24.3 Å². The predicted octanol–water partition coefficient (Wildman–Crippen LogP) is 3.06. The summed E-state index contributed by atoms with van der Waals surface area (Å²) in [5.74, 6) is 2.91. The van der Waals surface area contributed by atoms with Crippen LogP contribution in [-0.4, -0.2) is 13.1 Å². The molecule has 78 valence electrons. The van der Waals surface area contributed by atoms with Crippen LogP contribution < -0.4 is 5.32 Å². The lowest BCUT2D eigenvalue weighted by molar-refractivity contribution is 0.187. The maximum Gasteiger partial charge on any atom is -0.00181 e. The van der Waals surface area contributed by atoms with E-state index in [1.165, 1.54) is 32.2 Å². The smallest absolute Gasteiger partial charge is 0.00181 e. The molecule has 0 aromatic carbocycles. The molecule has 1 nitrogen and oxygen atoms in total. The topological polar surface area (TPSA) is 12.0 Å². The lowest BCUT2D eigenvalue weighted by atomic mass is 9.74. The van der Waals surface area contributed by atoms with Crippen LogP contribution in [0, 0.1) is 17.8 Å². The summed E-state index contributed by atoms with van der Waals surface area (Å²) in [6.45, 7) is 9.34. The molecule has 1 fully saturated rings. The summed E-state index contributed by atoms with van der Waals surface area (Å²) in [4.78, 5) is 0. The van der Waals surface area contributed by atoms with Crippen LogP contribution in [0.5, 0.6) is 0 Å². The monoisotopic (exact) mass is 183 g/mol. The first-order chi connectivity index (χ1) is 6.27. The third-order valence-electron chi connectivity index (χ3n) is 3.69. The summed E-state index contributed by atoms with van der Waals surface area (Å²) < 4.78 is 0. The van der Waals surface area contributed by atoms with Crippen molar-refractivity contribution in [3.05, 3.63) is 0 Å². The van der Waals surface area contributed by atoms with E-state index in [4.69, 9.17) is 0 Å². The van der Waals surface area contributed by atoms with Crippen molar-refractivity contribution in [2.24, 2.45) is 17.8 Å². The van der Waals surface area contributed by atoms with E-state index in [2.05, 4.69) is 26.1 Å². The number of hydrogen-bond donors (Lipinski definition) is 1. The van der Waals surface area contributed by atoms with Crippen molar-refractivity contribution in [2.45, 2.75) is 46.5 Å². The van der Waals surface area contributed by atoms with Crippen molar-refractivity contribution in [3.63, 3.8) is 0 Å². The van der Waals surface area contributed by atoms with Crippen molar-refractivity contribution in [1.29, 1.82) is 0 Å². The zero-order valence-electron chi connectivity index (χ0n) is 9.47. The van der Waals surface area contributed by atoms with Gasteiger partial charge in [0.2, 0.25) is 0 Å².